The molecule has 0 unspecified atom stereocenters. The van der Waals surface area contributed by atoms with Crippen LogP contribution in [0.25, 0.3) is 5.82 Å². The van der Waals surface area contributed by atoms with Crippen LogP contribution in [0.5, 0.6) is 0 Å². The van der Waals surface area contributed by atoms with Crippen molar-refractivity contribution in [1.29, 1.82) is 0 Å². The number of nitrogens with zero attached hydrogens (tertiary/aromatic N) is 5. The zero-order chi connectivity index (χ0) is 19.8. The molecule has 28 heavy (non-hydrogen) atoms. The molecule has 0 bridgehead atoms. The van der Waals surface area contributed by atoms with Gasteiger partial charge in [0.05, 0.1) is 17.3 Å². The molecule has 1 fully saturated rings. The Balaban J connectivity index is 1.42. The summed E-state index contributed by atoms with van der Waals surface area (Å²) in [6, 6.07) is 7.98. The van der Waals surface area contributed by atoms with Crippen molar-refractivity contribution in [3.8, 4) is 5.82 Å². The monoisotopic (exact) mass is 400 g/mol. The average molecular weight is 401 g/mol. The Labute approximate surface area is 166 Å². The summed E-state index contributed by atoms with van der Waals surface area (Å²) in [5, 5.41) is 7.33. The van der Waals surface area contributed by atoms with Crippen molar-refractivity contribution in [3.63, 3.8) is 0 Å². The number of aromatic nitrogens is 4. The van der Waals surface area contributed by atoms with Crippen molar-refractivity contribution >= 4 is 29.0 Å². The molecule has 3 heterocycles. The molecule has 1 aromatic carbocycles. The van der Waals surface area contributed by atoms with Gasteiger partial charge in [-0.1, -0.05) is 11.6 Å². The Morgan fingerprint density at radius 1 is 1.18 bits per heavy atom. The lowest BCUT2D eigenvalue weighted by molar-refractivity contribution is -0.120. The van der Waals surface area contributed by atoms with Crippen LogP contribution in [0.15, 0.2) is 36.7 Å². The molecule has 1 aliphatic rings. The first-order valence-electron chi connectivity index (χ1n) is 8.77. The molecule has 7 nitrogen and oxygen atoms in total. The van der Waals surface area contributed by atoms with Gasteiger partial charge in [-0.15, -0.1) is 0 Å². The van der Waals surface area contributed by atoms with E-state index in [0.29, 0.717) is 18.9 Å². The van der Waals surface area contributed by atoms with Gasteiger partial charge in [-0.3, -0.25) is 4.79 Å². The van der Waals surface area contributed by atoms with Gasteiger partial charge in [0, 0.05) is 29.9 Å². The molecule has 1 aliphatic heterocycles. The molecule has 0 saturated carbocycles. The summed E-state index contributed by atoms with van der Waals surface area (Å²) >= 11 is 5.73. The number of amides is 1. The lowest BCUT2D eigenvalue weighted by atomic mass is 9.99. The zero-order valence-corrected chi connectivity index (χ0v) is 16.1. The first-order chi connectivity index (χ1) is 13.4. The van der Waals surface area contributed by atoms with Crippen LogP contribution >= 0.6 is 11.6 Å². The summed E-state index contributed by atoms with van der Waals surface area (Å²) in [7, 11) is 0. The summed E-state index contributed by atoms with van der Waals surface area (Å²) in [6.45, 7) is 4.87. The van der Waals surface area contributed by atoms with Gasteiger partial charge in [-0.2, -0.15) is 5.10 Å². The fourth-order valence-electron chi connectivity index (χ4n) is 3.14. The summed E-state index contributed by atoms with van der Waals surface area (Å²) < 4.78 is 15.6. The molecule has 0 aliphatic carbocycles. The molecule has 0 atom stereocenters. The van der Waals surface area contributed by atoms with Crippen LogP contribution in [0.2, 0.25) is 5.02 Å². The minimum Gasteiger partial charge on any atom is -0.355 e. The van der Waals surface area contributed by atoms with Crippen LogP contribution in [-0.2, 0) is 4.79 Å². The standard InChI is InChI=1S/C19H18ClFN6O/c1-11-5-12(2)27(25-11)18-7-17(22-10-23-18)26-8-13(9-26)19(28)24-16-4-3-14(20)6-15(16)21/h3-7,10,13H,8-9H2,1-2H3,(H,24,28). The average Bonchev–Trinajstić information content (AvgIpc) is 2.95. The van der Waals surface area contributed by atoms with E-state index in [0.717, 1.165) is 17.2 Å². The third-order valence-electron chi connectivity index (χ3n) is 4.63. The number of nitrogens with one attached hydrogen (secondary N) is 1. The van der Waals surface area contributed by atoms with Crippen LogP contribution in [-0.4, -0.2) is 38.7 Å². The molecule has 2 aromatic heterocycles. The van der Waals surface area contributed by atoms with Crippen molar-refractivity contribution in [2.24, 2.45) is 5.92 Å². The normalized spacial score (nSPS) is 14.1. The predicted octanol–water partition coefficient (Wildman–Crippen LogP) is 3.15. The fourth-order valence-corrected chi connectivity index (χ4v) is 3.30. The van der Waals surface area contributed by atoms with E-state index < -0.39 is 5.82 Å². The van der Waals surface area contributed by atoms with Gasteiger partial charge in [0.1, 0.15) is 18.0 Å². The lowest BCUT2D eigenvalue weighted by Gasteiger charge is -2.39. The maximum atomic E-state index is 13.8. The second kappa shape index (κ2) is 7.20. The fraction of sp³-hybridized carbons (Fsp3) is 0.263. The van der Waals surface area contributed by atoms with E-state index in [1.807, 2.05) is 30.9 Å². The summed E-state index contributed by atoms with van der Waals surface area (Å²) in [4.78, 5) is 22.9. The van der Waals surface area contributed by atoms with Gasteiger partial charge in [0.2, 0.25) is 5.91 Å². The van der Waals surface area contributed by atoms with E-state index in [1.165, 1.54) is 24.5 Å². The quantitative estimate of drug-likeness (QED) is 0.728. The van der Waals surface area contributed by atoms with Crippen LogP contribution in [0.1, 0.15) is 11.4 Å². The number of aryl methyl sites for hydroxylation is 2. The first-order valence-corrected chi connectivity index (χ1v) is 9.15. The van der Waals surface area contributed by atoms with E-state index in [-0.39, 0.29) is 22.5 Å². The molecule has 1 amide bonds. The highest BCUT2D eigenvalue weighted by Crippen LogP contribution is 2.26. The minimum atomic E-state index is -0.553. The van der Waals surface area contributed by atoms with Gasteiger partial charge >= 0.3 is 0 Å². The molecule has 1 N–H and O–H groups in total. The third-order valence-corrected chi connectivity index (χ3v) is 4.87. The predicted molar refractivity (Wildman–Crippen MR) is 104 cm³/mol. The summed E-state index contributed by atoms with van der Waals surface area (Å²) in [5.41, 5.74) is 2.02. The summed E-state index contributed by atoms with van der Waals surface area (Å²) in [5.74, 6) is 0.362. The minimum absolute atomic E-state index is 0.127. The van der Waals surface area contributed by atoms with E-state index in [4.69, 9.17) is 11.6 Å². The van der Waals surface area contributed by atoms with Crippen LogP contribution in [0.3, 0.4) is 0 Å². The Morgan fingerprint density at radius 3 is 2.61 bits per heavy atom. The van der Waals surface area contributed by atoms with Crippen molar-refractivity contribution in [2.75, 3.05) is 23.3 Å². The van der Waals surface area contributed by atoms with Gasteiger partial charge in [-0.05, 0) is 38.1 Å². The Kier molecular flexibility index (Phi) is 4.72. The molecule has 0 radical (unpaired) electrons. The molecule has 3 aromatic rings. The van der Waals surface area contributed by atoms with Crippen LogP contribution < -0.4 is 10.2 Å². The van der Waals surface area contributed by atoms with Crippen LogP contribution in [0.4, 0.5) is 15.9 Å². The maximum Gasteiger partial charge on any atom is 0.231 e. The summed E-state index contributed by atoms with van der Waals surface area (Å²) in [6.07, 6.45) is 1.48. The molecule has 1 saturated heterocycles. The van der Waals surface area contributed by atoms with Crippen molar-refractivity contribution < 1.29 is 9.18 Å². The number of carbonyl (C=O) groups is 1. The molecular formula is C19H18ClFN6O. The van der Waals surface area contributed by atoms with Crippen molar-refractivity contribution in [2.45, 2.75) is 13.8 Å². The largest absolute Gasteiger partial charge is 0.355 e. The highest BCUT2D eigenvalue weighted by molar-refractivity contribution is 6.30. The van der Waals surface area contributed by atoms with E-state index in [9.17, 15) is 9.18 Å². The van der Waals surface area contributed by atoms with Gasteiger partial charge in [0.25, 0.3) is 0 Å². The molecule has 0 spiro atoms. The van der Waals surface area contributed by atoms with E-state index in [2.05, 4.69) is 20.4 Å². The number of hydrogen-bond acceptors (Lipinski definition) is 5. The SMILES string of the molecule is Cc1cc(C)n(-c2cc(N3CC(C(=O)Nc4ccc(Cl)cc4F)C3)ncn2)n1. The van der Waals surface area contributed by atoms with Gasteiger partial charge in [0.15, 0.2) is 5.82 Å². The molecular weight excluding hydrogens is 383 g/mol. The van der Waals surface area contributed by atoms with Gasteiger partial charge in [-0.25, -0.2) is 19.0 Å². The number of halogens is 2. The topological polar surface area (TPSA) is 75.9 Å². The third kappa shape index (κ3) is 3.55. The van der Waals surface area contributed by atoms with Gasteiger partial charge < -0.3 is 10.2 Å². The zero-order valence-electron chi connectivity index (χ0n) is 15.4. The second-order valence-electron chi connectivity index (χ2n) is 6.79. The van der Waals surface area contributed by atoms with E-state index >= 15 is 0 Å². The van der Waals surface area contributed by atoms with E-state index in [1.54, 1.807) is 4.68 Å². The van der Waals surface area contributed by atoms with Crippen LogP contribution in [0, 0.1) is 25.6 Å². The van der Waals surface area contributed by atoms with Crippen molar-refractivity contribution in [3.05, 3.63) is 58.9 Å². The number of benzene rings is 1. The number of rotatable bonds is 4. The number of carbonyl (C=O) groups excluding carboxylic acids is 1. The second-order valence-corrected chi connectivity index (χ2v) is 7.23. The Bertz CT molecular complexity index is 1050. The lowest BCUT2D eigenvalue weighted by Crippen LogP contribution is -2.52. The Hall–Kier alpha value is -3.00. The highest BCUT2D eigenvalue weighted by atomic mass is 35.5. The maximum absolute atomic E-state index is 13.8. The molecule has 9 heteroatoms. The first kappa shape index (κ1) is 18.4. The molecule has 144 valence electrons. The molecule has 4 rings (SSSR count). The smallest absolute Gasteiger partial charge is 0.231 e. The Morgan fingerprint density at radius 2 is 1.93 bits per heavy atom. The number of hydrogen-bond donors (Lipinski definition) is 1. The highest BCUT2D eigenvalue weighted by Gasteiger charge is 2.34. The van der Waals surface area contributed by atoms with Crippen molar-refractivity contribution in [1.82, 2.24) is 19.7 Å². The number of anilines is 2.